The SMILES string of the molecule is CCNC(=NCc1ncc(C(C)(C)C)o1)NCCN(C)C1CCCC1. The standard InChI is InChI=1S/C19H35N5O/c1-6-20-18(21-11-12-24(5)15-9-7-8-10-15)23-14-17-22-13-16(25-17)19(2,3)4/h13,15H,6-12,14H2,1-5H3,(H2,20,21,23). The topological polar surface area (TPSA) is 65.7 Å². The molecule has 1 aliphatic carbocycles. The average molecular weight is 350 g/mol. The number of hydrogen-bond donors (Lipinski definition) is 2. The third-order valence-corrected chi connectivity index (χ3v) is 4.71. The molecule has 6 heteroatoms. The molecule has 0 amide bonds. The summed E-state index contributed by atoms with van der Waals surface area (Å²) in [6.07, 6.45) is 7.23. The Morgan fingerprint density at radius 3 is 2.64 bits per heavy atom. The molecule has 2 N–H and O–H groups in total. The van der Waals surface area contributed by atoms with Gasteiger partial charge < -0.3 is 20.0 Å². The van der Waals surface area contributed by atoms with E-state index in [0.29, 0.717) is 12.4 Å². The summed E-state index contributed by atoms with van der Waals surface area (Å²) >= 11 is 0. The molecule has 0 aromatic carbocycles. The van der Waals surface area contributed by atoms with Gasteiger partial charge in [-0.25, -0.2) is 9.98 Å². The van der Waals surface area contributed by atoms with Crippen molar-refractivity contribution in [1.29, 1.82) is 0 Å². The highest BCUT2D eigenvalue weighted by molar-refractivity contribution is 5.79. The van der Waals surface area contributed by atoms with Crippen LogP contribution in [0, 0.1) is 0 Å². The third kappa shape index (κ3) is 6.34. The number of guanidine groups is 1. The predicted molar refractivity (Wildman–Crippen MR) is 103 cm³/mol. The van der Waals surface area contributed by atoms with Crippen molar-refractivity contribution < 1.29 is 4.42 Å². The van der Waals surface area contributed by atoms with Crippen LogP contribution in [0.5, 0.6) is 0 Å². The Labute approximate surface area is 152 Å². The Balaban J connectivity index is 1.82. The summed E-state index contributed by atoms with van der Waals surface area (Å²) < 4.78 is 5.80. The number of nitrogens with zero attached hydrogens (tertiary/aromatic N) is 3. The second kappa shape index (κ2) is 9.22. The molecule has 0 saturated heterocycles. The smallest absolute Gasteiger partial charge is 0.216 e. The van der Waals surface area contributed by atoms with Crippen molar-refractivity contribution in [2.24, 2.45) is 4.99 Å². The lowest BCUT2D eigenvalue weighted by Crippen LogP contribution is -2.42. The van der Waals surface area contributed by atoms with E-state index in [4.69, 9.17) is 4.42 Å². The highest BCUT2D eigenvalue weighted by Crippen LogP contribution is 2.23. The number of rotatable bonds is 7. The van der Waals surface area contributed by atoms with Crippen molar-refractivity contribution in [3.05, 3.63) is 17.8 Å². The van der Waals surface area contributed by atoms with Crippen molar-refractivity contribution in [2.45, 2.75) is 71.4 Å². The zero-order chi connectivity index (χ0) is 18.3. The van der Waals surface area contributed by atoms with Crippen LogP contribution >= 0.6 is 0 Å². The summed E-state index contributed by atoms with van der Waals surface area (Å²) in [7, 11) is 2.22. The van der Waals surface area contributed by atoms with Crippen LogP contribution in [0.4, 0.5) is 0 Å². The maximum Gasteiger partial charge on any atom is 0.216 e. The van der Waals surface area contributed by atoms with Gasteiger partial charge in [0.1, 0.15) is 12.3 Å². The van der Waals surface area contributed by atoms with Gasteiger partial charge in [-0.1, -0.05) is 33.6 Å². The van der Waals surface area contributed by atoms with Crippen molar-refractivity contribution in [3.63, 3.8) is 0 Å². The van der Waals surface area contributed by atoms with Gasteiger partial charge in [0.2, 0.25) is 5.89 Å². The van der Waals surface area contributed by atoms with Crippen LogP contribution in [0.1, 0.15) is 65.0 Å². The van der Waals surface area contributed by atoms with Gasteiger partial charge in [0.25, 0.3) is 0 Å². The van der Waals surface area contributed by atoms with Gasteiger partial charge in [-0.2, -0.15) is 0 Å². The predicted octanol–water partition coefficient (Wildman–Crippen LogP) is 2.90. The summed E-state index contributed by atoms with van der Waals surface area (Å²) in [5, 5.41) is 6.69. The maximum atomic E-state index is 5.80. The van der Waals surface area contributed by atoms with Crippen molar-refractivity contribution in [2.75, 3.05) is 26.7 Å². The van der Waals surface area contributed by atoms with Crippen LogP contribution in [0.3, 0.4) is 0 Å². The molecule has 0 aliphatic heterocycles. The zero-order valence-electron chi connectivity index (χ0n) is 16.6. The third-order valence-electron chi connectivity index (χ3n) is 4.71. The lowest BCUT2D eigenvalue weighted by molar-refractivity contribution is 0.249. The molecule has 0 atom stereocenters. The highest BCUT2D eigenvalue weighted by Gasteiger charge is 2.20. The van der Waals surface area contributed by atoms with Crippen molar-refractivity contribution in [3.8, 4) is 0 Å². The van der Waals surface area contributed by atoms with Crippen LogP contribution in [-0.4, -0.2) is 48.6 Å². The van der Waals surface area contributed by atoms with E-state index >= 15 is 0 Å². The fourth-order valence-electron chi connectivity index (χ4n) is 3.10. The van der Waals surface area contributed by atoms with E-state index in [1.807, 2.05) is 6.20 Å². The monoisotopic (exact) mass is 349 g/mol. The summed E-state index contributed by atoms with van der Waals surface area (Å²) in [6.45, 7) is 11.6. The van der Waals surface area contributed by atoms with Crippen LogP contribution in [0.2, 0.25) is 0 Å². The molecule has 2 rings (SSSR count). The quantitative estimate of drug-likeness (QED) is 0.585. The first-order chi connectivity index (χ1) is 11.9. The molecule has 1 aromatic rings. The van der Waals surface area contributed by atoms with Gasteiger partial charge in [-0.15, -0.1) is 0 Å². The number of hydrogen-bond acceptors (Lipinski definition) is 4. The Morgan fingerprint density at radius 2 is 2.04 bits per heavy atom. The minimum absolute atomic E-state index is 0.0253. The first-order valence-electron chi connectivity index (χ1n) is 9.57. The van der Waals surface area contributed by atoms with Gasteiger partial charge in [-0.05, 0) is 26.8 Å². The van der Waals surface area contributed by atoms with Crippen LogP contribution < -0.4 is 10.6 Å². The first-order valence-corrected chi connectivity index (χ1v) is 9.57. The van der Waals surface area contributed by atoms with Crippen LogP contribution in [0.15, 0.2) is 15.6 Å². The highest BCUT2D eigenvalue weighted by atomic mass is 16.4. The van der Waals surface area contributed by atoms with E-state index in [1.165, 1.54) is 25.7 Å². The molecule has 6 nitrogen and oxygen atoms in total. The zero-order valence-corrected chi connectivity index (χ0v) is 16.6. The lowest BCUT2D eigenvalue weighted by Gasteiger charge is -2.24. The molecule has 1 aliphatic rings. The van der Waals surface area contributed by atoms with Crippen LogP contribution in [0.25, 0.3) is 0 Å². The van der Waals surface area contributed by atoms with Gasteiger partial charge in [0.15, 0.2) is 5.96 Å². The minimum atomic E-state index is -0.0253. The normalized spacial score (nSPS) is 16.6. The average Bonchev–Trinajstić information content (AvgIpc) is 3.23. The molecular formula is C19H35N5O. The molecule has 0 spiro atoms. The fourth-order valence-corrected chi connectivity index (χ4v) is 3.10. The Hall–Kier alpha value is -1.56. The summed E-state index contributed by atoms with van der Waals surface area (Å²) in [6, 6.07) is 0.754. The van der Waals surface area contributed by atoms with E-state index in [2.05, 4.69) is 60.3 Å². The molecule has 0 radical (unpaired) electrons. The van der Waals surface area contributed by atoms with Gasteiger partial charge in [-0.3, -0.25) is 0 Å². The molecule has 1 fully saturated rings. The minimum Gasteiger partial charge on any atom is -0.443 e. The van der Waals surface area contributed by atoms with Crippen molar-refractivity contribution >= 4 is 5.96 Å². The molecule has 1 saturated carbocycles. The van der Waals surface area contributed by atoms with E-state index < -0.39 is 0 Å². The summed E-state index contributed by atoms with van der Waals surface area (Å²) in [4.78, 5) is 11.4. The maximum absolute atomic E-state index is 5.80. The Morgan fingerprint density at radius 1 is 1.32 bits per heavy atom. The van der Waals surface area contributed by atoms with Crippen molar-refractivity contribution in [1.82, 2.24) is 20.5 Å². The van der Waals surface area contributed by atoms with Gasteiger partial charge >= 0.3 is 0 Å². The molecule has 25 heavy (non-hydrogen) atoms. The van der Waals surface area contributed by atoms with E-state index in [-0.39, 0.29) is 5.41 Å². The number of aromatic nitrogens is 1. The van der Waals surface area contributed by atoms with E-state index in [0.717, 1.165) is 37.4 Å². The largest absolute Gasteiger partial charge is 0.443 e. The van der Waals surface area contributed by atoms with Gasteiger partial charge in [0, 0.05) is 31.1 Å². The summed E-state index contributed by atoms with van der Waals surface area (Å²) in [5.74, 6) is 2.37. The fraction of sp³-hybridized carbons (Fsp3) is 0.789. The second-order valence-corrected chi connectivity index (χ2v) is 7.91. The number of nitrogens with one attached hydrogen (secondary N) is 2. The second-order valence-electron chi connectivity index (χ2n) is 7.91. The number of aliphatic imine (C=N–C) groups is 1. The van der Waals surface area contributed by atoms with E-state index in [1.54, 1.807) is 0 Å². The Kier molecular flexibility index (Phi) is 7.29. The molecular weight excluding hydrogens is 314 g/mol. The molecule has 1 heterocycles. The van der Waals surface area contributed by atoms with E-state index in [9.17, 15) is 0 Å². The van der Waals surface area contributed by atoms with Gasteiger partial charge in [0.05, 0.1) is 6.20 Å². The van der Waals surface area contributed by atoms with Crippen LogP contribution in [-0.2, 0) is 12.0 Å². The molecule has 0 bridgehead atoms. The molecule has 142 valence electrons. The first kappa shape index (κ1) is 19.8. The number of likely N-dealkylation sites (N-methyl/N-ethyl adjacent to an activating group) is 1. The molecule has 1 aromatic heterocycles. The molecule has 0 unspecified atom stereocenters. The summed E-state index contributed by atoms with van der Waals surface area (Å²) in [5.41, 5.74) is -0.0253. The lowest BCUT2D eigenvalue weighted by atomic mass is 9.94. The number of oxazole rings is 1. The Bertz CT molecular complexity index is 540.